The maximum Gasteiger partial charge on any atom is 0.254 e. The van der Waals surface area contributed by atoms with Crippen molar-refractivity contribution in [2.75, 3.05) is 26.7 Å². The van der Waals surface area contributed by atoms with Crippen LogP contribution >= 0.6 is 0 Å². The van der Waals surface area contributed by atoms with E-state index >= 15 is 0 Å². The van der Waals surface area contributed by atoms with Crippen LogP contribution in [0.2, 0.25) is 0 Å². The Morgan fingerprint density at radius 1 is 1.08 bits per heavy atom. The minimum Gasteiger partial charge on any atom is -0.329 e. The summed E-state index contributed by atoms with van der Waals surface area (Å²) in [7, 11) is 2.09. The van der Waals surface area contributed by atoms with Gasteiger partial charge in [0.1, 0.15) is 11.0 Å². The van der Waals surface area contributed by atoms with E-state index in [9.17, 15) is 4.79 Å². The second-order valence-corrected chi connectivity index (χ2v) is 6.15. The first kappa shape index (κ1) is 14.8. The molecule has 1 amide bonds. The fourth-order valence-electron chi connectivity index (χ4n) is 3.20. The molecule has 3 aromatic rings. The Morgan fingerprint density at radius 2 is 1.88 bits per heavy atom. The van der Waals surface area contributed by atoms with E-state index in [1.165, 1.54) is 0 Å². The van der Waals surface area contributed by atoms with Crippen LogP contribution in [0.4, 0.5) is 0 Å². The van der Waals surface area contributed by atoms with Crippen LogP contribution in [0.1, 0.15) is 22.0 Å². The molecule has 1 saturated heterocycles. The molecule has 0 radical (unpaired) electrons. The molecule has 2 heterocycles. The van der Waals surface area contributed by atoms with Crippen molar-refractivity contribution in [3.63, 3.8) is 0 Å². The van der Waals surface area contributed by atoms with Crippen molar-refractivity contribution >= 4 is 16.9 Å². The van der Waals surface area contributed by atoms with Gasteiger partial charge in [-0.2, -0.15) is 0 Å². The van der Waals surface area contributed by atoms with Crippen LogP contribution in [0.5, 0.6) is 0 Å². The summed E-state index contributed by atoms with van der Waals surface area (Å²) in [5.74, 6) is 0.0156. The van der Waals surface area contributed by atoms with Crippen molar-refractivity contribution < 1.29 is 9.42 Å². The molecule has 0 aliphatic carbocycles. The Kier molecular flexibility index (Phi) is 3.74. The van der Waals surface area contributed by atoms with Crippen LogP contribution in [0, 0.1) is 0 Å². The number of hydrogen-bond acceptors (Lipinski definition) is 5. The third kappa shape index (κ3) is 2.65. The number of piperazine rings is 1. The molecule has 1 aliphatic rings. The predicted octanol–water partition coefficient (Wildman–Crippen LogP) is 2.35. The number of nitrogens with zero attached hydrogens (tertiary/aromatic N) is 4. The second-order valence-electron chi connectivity index (χ2n) is 6.15. The molecule has 24 heavy (non-hydrogen) atoms. The zero-order chi connectivity index (χ0) is 16.5. The number of fused-ring (bicyclic) bond motifs is 1. The van der Waals surface area contributed by atoms with Crippen LogP contribution in [-0.4, -0.2) is 52.7 Å². The highest BCUT2D eigenvalue weighted by Gasteiger charge is 2.30. The van der Waals surface area contributed by atoms with Gasteiger partial charge in [-0.25, -0.2) is 4.63 Å². The van der Waals surface area contributed by atoms with E-state index in [1.807, 2.05) is 23.1 Å². The first-order valence-electron chi connectivity index (χ1n) is 7.99. The lowest BCUT2D eigenvalue weighted by atomic mass is 10.0. The maximum atomic E-state index is 13.1. The van der Waals surface area contributed by atoms with Gasteiger partial charge in [-0.15, -0.1) is 0 Å². The fourth-order valence-corrected chi connectivity index (χ4v) is 3.20. The van der Waals surface area contributed by atoms with Gasteiger partial charge in [0.15, 0.2) is 0 Å². The number of hydrogen-bond donors (Lipinski definition) is 0. The Balaban J connectivity index is 1.67. The first-order valence-corrected chi connectivity index (χ1v) is 7.99. The molecule has 122 valence electrons. The molecule has 1 aliphatic heterocycles. The van der Waals surface area contributed by atoms with E-state index in [-0.39, 0.29) is 11.9 Å². The number of benzene rings is 2. The van der Waals surface area contributed by atoms with Crippen molar-refractivity contribution in [1.29, 1.82) is 0 Å². The molecule has 1 fully saturated rings. The normalized spacial score (nSPS) is 18.9. The SMILES string of the molecule is CN1CCN(C(=O)c2ccc3nonc3c2)[C@@H](c2ccccc2)C1. The highest BCUT2D eigenvalue weighted by atomic mass is 16.6. The van der Waals surface area contributed by atoms with Crippen LogP contribution in [0.15, 0.2) is 53.2 Å². The molecular formula is C18H18N4O2. The van der Waals surface area contributed by atoms with Crippen LogP contribution in [0.3, 0.4) is 0 Å². The summed E-state index contributed by atoms with van der Waals surface area (Å²) < 4.78 is 4.72. The molecular weight excluding hydrogens is 304 g/mol. The summed E-state index contributed by atoms with van der Waals surface area (Å²) in [4.78, 5) is 17.3. The third-order valence-electron chi connectivity index (χ3n) is 4.53. The van der Waals surface area contributed by atoms with E-state index in [0.717, 1.165) is 18.7 Å². The molecule has 4 rings (SSSR count). The van der Waals surface area contributed by atoms with E-state index < -0.39 is 0 Å². The average Bonchev–Trinajstić information content (AvgIpc) is 3.09. The lowest BCUT2D eigenvalue weighted by molar-refractivity contribution is 0.0498. The number of carbonyl (C=O) groups is 1. The molecule has 2 aromatic carbocycles. The van der Waals surface area contributed by atoms with E-state index in [0.29, 0.717) is 23.1 Å². The molecule has 0 bridgehead atoms. The molecule has 0 spiro atoms. The summed E-state index contributed by atoms with van der Waals surface area (Å²) in [6.07, 6.45) is 0. The Labute approximate surface area is 139 Å². The van der Waals surface area contributed by atoms with Crippen molar-refractivity contribution in [3.05, 3.63) is 59.7 Å². The molecule has 6 heteroatoms. The first-order chi connectivity index (χ1) is 11.7. The third-order valence-corrected chi connectivity index (χ3v) is 4.53. The number of rotatable bonds is 2. The molecule has 0 N–H and O–H groups in total. The zero-order valence-electron chi connectivity index (χ0n) is 13.4. The van der Waals surface area contributed by atoms with Gasteiger partial charge in [-0.3, -0.25) is 4.79 Å². The topological polar surface area (TPSA) is 62.5 Å². The molecule has 0 unspecified atom stereocenters. The summed E-state index contributed by atoms with van der Waals surface area (Å²) >= 11 is 0. The second kappa shape index (κ2) is 6.05. The highest BCUT2D eigenvalue weighted by Crippen LogP contribution is 2.27. The monoisotopic (exact) mass is 322 g/mol. The molecule has 0 saturated carbocycles. The van der Waals surface area contributed by atoms with Crippen molar-refractivity contribution in [1.82, 2.24) is 20.1 Å². The maximum absolute atomic E-state index is 13.1. The van der Waals surface area contributed by atoms with Gasteiger partial charge in [-0.05, 0) is 41.1 Å². The number of carbonyl (C=O) groups excluding carboxylic acids is 1. The summed E-state index contributed by atoms with van der Waals surface area (Å²) in [6.45, 7) is 2.39. The molecule has 1 atom stereocenters. The highest BCUT2D eigenvalue weighted by molar-refractivity contribution is 5.97. The number of aromatic nitrogens is 2. The van der Waals surface area contributed by atoms with E-state index in [2.05, 4.69) is 34.4 Å². The smallest absolute Gasteiger partial charge is 0.254 e. The average molecular weight is 322 g/mol. The van der Waals surface area contributed by atoms with Crippen LogP contribution in [-0.2, 0) is 0 Å². The van der Waals surface area contributed by atoms with Gasteiger partial charge >= 0.3 is 0 Å². The lowest BCUT2D eigenvalue weighted by Gasteiger charge is -2.40. The van der Waals surface area contributed by atoms with Crippen molar-refractivity contribution in [2.45, 2.75) is 6.04 Å². The number of likely N-dealkylation sites (N-methyl/N-ethyl adjacent to an activating group) is 1. The minimum atomic E-state index is 0.0156. The van der Waals surface area contributed by atoms with Gasteiger partial charge in [0.05, 0.1) is 6.04 Å². The quantitative estimate of drug-likeness (QED) is 0.725. The Morgan fingerprint density at radius 3 is 2.71 bits per heavy atom. The predicted molar refractivity (Wildman–Crippen MR) is 89.5 cm³/mol. The van der Waals surface area contributed by atoms with Gasteiger partial charge in [-0.1, -0.05) is 30.3 Å². The van der Waals surface area contributed by atoms with Crippen molar-refractivity contribution in [3.8, 4) is 0 Å². The van der Waals surface area contributed by atoms with Gasteiger partial charge in [0, 0.05) is 25.2 Å². The lowest BCUT2D eigenvalue weighted by Crippen LogP contribution is -2.49. The summed E-state index contributed by atoms with van der Waals surface area (Å²) in [5.41, 5.74) is 3.03. The molecule has 1 aromatic heterocycles. The van der Waals surface area contributed by atoms with Gasteiger partial charge < -0.3 is 9.80 Å². The zero-order valence-corrected chi connectivity index (χ0v) is 13.4. The van der Waals surface area contributed by atoms with Gasteiger partial charge in [0.25, 0.3) is 5.91 Å². The molecule has 6 nitrogen and oxygen atoms in total. The van der Waals surface area contributed by atoms with Crippen LogP contribution < -0.4 is 0 Å². The largest absolute Gasteiger partial charge is 0.329 e. The Hall–Kier alpha value is -2.73. The van der Waals surface area contributed by atoms with Crippen LogP contribution in [0.25, 0.3) is 11.0 Å². The van der Waals surface area contributed by atoms with Crippen molar-refractivity contribution in [2.24, 2.45) is 0 Å². The Bertz CT molecular complexity index is 862. The van der Waals surface area contributed by atoms with E-state index in [1.54, 1.807) is 18.2 Å². The van der Waals surface area contributed by atoms with Gasteiger partial charge in [0.2, 0.25) is 0 Å². The van der Waals surface area contributed by atoms with E-state index in [4.69, 9.17) is 4.63 Å². The summed E-state index contributed by atoms with van der Waals surface area (Å²) in [6, 6.07) is 15.5. The summed E-state index contributed by atoms with van der Waals surface area (Å²) in [5, 5.41) is 7.62. The standard InChI is InChI=1S/C18H18N4O2/c1-21-9-10-22(17(12-21)13-5-3-2-4-6-13)18(23)14-7-8-15-16(11-14)20-24-19-15/h2-8,11,17H,9-10,12H2,1H3/t17-/m1/s1. The minimum absolute atomic E-state index is 0.0156. The number of amides is 1. The fraction of sp³-hybridized carbons (Fsp3) is 0.278.